The van der Waals surface area contributed by atoms with Crippen LogP contribution in [0.25, 0.3) is 11.1 Å². The normalized spacial score (nSPS) is 10.6. The van der Waals surface area contributed by atoms with Crippen LogP contribution in [0.1, 0.15) is 15.9 Å². The lowest BCUT2D eigenvalue weighted by Gasteiger charge is -2.12. The number of carbonyl (C=O) groups is 1. The van der Waals surface area contributed by atoms with Crippen LogP contribution in [0.3, 0.4) is 0 Å². The molecule has 0 unspecified atom stereocenters. The van der Waals surface area contributed by atoms with Crippen LogP contribution in [-0.2, 0) is 0 Å². The Morgan fingerprint density at radius 3 is 2.24 bits per heavy atom. The minimum atomic E-state index is -0.645. The van der Waals surface area contributed by atoms with Gasteiger partial charge in [0, 0.05) is 11.3 Å². The molecule has 0 aliphatic heterocycles. The van der Waals surface area contributed by atoms with Crippen LogP contribution >= 0.6 is 0 Å². The summed E-state index contributed by atoms with van der Waals surface area (Å²) in [5.41, 5.74) is 1.85. The first-order valence-electron chi connectivity index (χ1n) is 7.57. The van der Waals surface area contributed by atoms with Gasteiger partial charge in [-0.3, -0.25) is 4.79 Å². The Balaban J connectivity index is 1.99. The number of rotatable bonds is 3. The van der Waals surface area contributed by atoms with Crippen molar-refractivity contribution >= 4 is 11.6 Å². The van der Waals surface area contributed by atoms with Gasteiger partial charge in [-0.1, -0.05) is 23.8 Å². The molecule has 0 aromatic heterocycles. The largest absolute Gasteiger partial charge is 0.321 e. The molecule has 0 aliphatic carbocycles. The molecule has 0 spiro atoms. The summed E-state index contributed by atoms with van der Waals surface area (Å²) < 4.78 is 40.6. The Morgan fingerprint density at radius 2 is 1.52 bits per heavy atom. The van der Waals surface area contributed by atoms with Crippen molar-refractivity contribution in [3.05, 3.63) is 89.2 Å². The zero-order valence-corrected chi connectivity index (χ0v) is 13.3. The van der Waals surface area contributed by atoms with Gasteiger partial charge < -0.3 is 5.32 Å². The van der Waals surface area contributed by atoms with Gasteiger partial charge in [0.15, 0.2) is 0 Å². The summed E-state index contributed by atoms with van der Waals surface area (Å²) in [4.78, 5) is 12.4. The molecule has 1 amide bonds. The highest BCUT2D eigenvalue weighted by molar-refractivity contribution is 6.06. The van der Waals surface area contributed by atoms with Crippen LogP contribution in [0.15, 0.2) is 60.7 Å². The molecule has 0 bridgehead atoms. The molecule has 0 saturated carbocycles. The maximum absolute atomic E-state index is 13.9. The number of carbonyl (C=O) groups excluding carboxylic acids is 1. The van der Waals surface area contributed by atoms with E-state index in [4.69, 9.17) is 0 Å². The van der Waals surface area contributed by atoms with Crippen molar-refractivity contribution in [1.82, 2.24) is 0 Å². The van der Waals surface area contributed by atoms with Crippen molar-refractivity contribution in [3.63, 3.8) is 0 Å². The predicted octanol–water partition coefficient (Wildman–Crippen LogP) is 5.33. The molecule has 3 aromatic rings. The fourth-order valence-electron chi connectivity index (χ4n) is 2.50. The van der Waals surface area contributed by atoms with Gasteiger partial charge in [-0.2, -0.15) is 0 Å². The van der Waals surface area contributed by atoms with Gasteiger partial charge >= 0.3 is 0 Å². The lowest BCUT2D eigenvalue weighted by Crippen LogP contribution is -2.14. The van der Waals surface area contributed by atoms with E-state index in [0.717, 1.165) is 5.56 Å². The number of hydrogen-bond donors (Lipinski definition) is 1. The number of benzene rings is 3. The minimum absolute atomic E-state index is 0.102. The molecule has 0 radical (unpaired) electrons. The Kier molecular flexibility index (Phi) is 4.57. The molecular weight excluding hydrogens is 327 g/mol. The van der Waals surface area contributed by atoms with Gasteiger partial charge in [0.1, 0.15) is 17.5 Å². The number of nitrogens with one attached hydrogen (secondary N) is 1. The van der Waals surface area contributed by atoms with Gasteiger partial charge in [0.25, 0.3) is 5.91 Å². The van der Waals surface area contributed by atoms with E-state index in [9.17, 15) is 18.0 Å². The average Bonchev–Trinajstić information content (AvgIpc) is 2.59. The molecule has 1 N–H and O–H groups in total. The van der Waals surface area contributed by atoms with Crippen LogP contribution in [0.5, 0.6) is 0 Å². The third-order valence-electron chi connectivity index (χ3n) is 3.75. The monoisotopic (exact) mass is 341 g/mol. The lowest BCUT2D eigenvalue weighted by molar-refractivity contribution is 0.102. The number of hydrogen-bond acceptors (Lipinski definition) is 1. The van der Waals surface area contributed by atoms with Crippen molar-refractivity contribution in [2.75, 3.05) is 5.32 Å². The fourth-order valence-corrected chi connectivity index (χ4v) is 2.50. The van der Waals surface area contributed by atoms with Crippen LogP contribution < -0.4 is 5.32 Å². The minimum Gasteiger partial charge on any atom is -0.321 e. The van der Waals surface area contributed by atoms with E-state index in [1.807, 2.05) is 0 Å². The molecule has 0 atom stereocenters. The molecule has 0 aliphatic rings. The number of amides is 1. The summed E-state index contributed by atoms with van der Waals surface area (Å²) in [6, 6.07) is 13.5. The van der Waals surface area contributed by atoms with Crippen LogP contribution in [0.4, 0.5) is 18.9 Å². The van der Waals surface area contributed by atoms with Gasteiger partial charge in [0.05, 0.1) is 5.56 Å². The summed E-state index contributed by atoms with van der Waals surface area (Å²) >= 11 is 0. The summed E-state index contributed by atoms with van der Waals surface area (Å²) in [5.74, 6) is -2.21. The first kappa shape index (κ1) is 16.8. The molecule has 2 nitrogen and oxygen atoms in total. The Labute approximate surface area is 142 Å². The van der Waals surface area contributed by atoms with Crippen molar-refractivity contribution in [2.24, 2.45) is 0 Å². The van der Waals surface area contributed by atoms with Gasteiger partial charge in [-0.05, 0) is 55.0 Å². The highest BCUT2D eigenvalue weighted by Gasteiger charge is 2.15. The summed E-state index contributed by atoms with van der Waals surface area (Å²) in [6.45, 7) is 1.75. The topological polar surface area (TPSA) is 29.1 Å². The van der Waals surface area contributed by atoms with Crippen LogP contribution in [0, 0.1) is 24.4 Å². The second-order valence-electron chi connectivity index (χ2n) is 5.63. The van der Waals surface area contributed by atoms with E-state index in [2.05, 4.69) is 5.32 Å². The van der Waals surface area contributed by atoms with Gasteiger partial charge in [-0.15, -0.1) is 0 Å². The summed E-state index contributed by atoms with van der Waals surface area (Å²) in [7, 11) is 0. The summed E-state index contributed by atoms with van der Waals surface area (Å²) in [6.07, 6.45) is 0. The van der Waals surface area contributed by atoms with Crippen molar-refractivity contribution < 1.29 is 18.0 Å². The second kappa shape index (κ2) is 6.81. The molecule has 0 saturated heterocycles. The molecule has 25 heavy (non-hydrogen) atoms. The van der Waals surface area contributed by atoms with E-state index >= 15 is 0 Å². The maximum Gasteiger partial charge on any atom is 0.258 e. The number of anilines is 1. The number of aryl methyl sites for hydroxylation is 1. The second-order valence-corrected chi connectivity index (χ2v) is 5.63. The molecule has 126 valence electrons. The zero-order valence-electron chi connectivity index (χ0n) is 13.3. The number of halogens is 3. The van der Waals surface area contributed by atoms with Crippen LogP contribution in [0.2, 0.25) is 0 Å². The summed E-state index contributed by atoms with van der Waals surface area (Å²) in [5, 5.41) is 2.60. The SMILES string of the molecule is Cc1ccc(F)c(C(=O)Nc2ccc(F)cc2-c2ccc(F)cc2)c1. The van der Waals surface area contributed by atoms with E-state index in [0.29, 0.717) is 16.8 Å². The van der Waals surface area contributed by atoms with E-state index < -0.39 is 23.4 Å². The first-order valence-corrected chi connectivity index (χ1v) is 7.57. The van der Waals surface area contributed by atoms with Gasteiger partial charge in [-0.25, -0.2) is 13.2 Å². The van der Waals surface area contributed by atoms with E-state index in [1.54, 1.807) is 13.0 Å². The first-order chi connectivity index (χ1) is 11.9. The fraction of sp³-hybridized carbons (Fsp3) is 0.0500. The maximum atomic E-state index is 13.9. The zero-order chi connectivity index (χ0) is 18.0. The van der Waals surface area contributed by atoms with Crippen LogP contribution in [-0.4, -0.2) is 5.91 Å². The molecule has 3 aromatic carbocycles. The molecular formula is C20H14F3NO. The smallest absolute Gasteiger partial charge is 0.258 e. The van der Waals surface area contributed by atoms with Crippen molar-refractivity contribution in [1.29, 1.82) is 0 Å². The molecule has 0 heterocycles. The molecule has 5 heteroatoms. The van der Waals surface area contributed by atoms with Gasteiger partial charge in [0.2, 0.25) is 0 Å². The molecule has 0 fully saturated rings. The van der Waals surface area contributed by atoms with E-state index in [1.165, 1.54) is 54.6 Å². The average molecular weight is 341 g/mol. The highest BCUT2D eigenvalue weighted by atomic mass is 19.1. The third-order valence-corrected chi connectivity index (χ3v) is 3.75. The standard InChI is InChI=1S/C20H14F3NO/c1-12-2-8-18(23)17(10-12)20(25)24-19-9-7-15(22)11-16(19)13-3-5-14(21)6-4-13/h2-11H,1H3,(H,24,25). The Morgan fingerprint density at radius 1 is 0.840 bits per heavy atom. The van der Waals surface area contributed by atoms with E-state index in [-0.39, 0.29) is 5.56 Å². The Hall–Kier alpha value is -3.08. The predicted molar refractivity (Wildman–Crippen MR) is 90.9 cm³/mol. The Bertz CT molecular complexity index is 936. The molecule has 3 rings (SSSR count). The van der Waals surface area contributed by atoms with Crippen molar-refractivity contribution in [3.8, 4) is 11.1 Å². The van der Waals surface area contributed by atoms with Crippen molar-refractivity contribution in [2.45, 2.75) is 6.92 Å². The lowest BCUT2D eigenvalue weighted by atomic mass is 10.0. The third kappa shape index (κ3) is 3.71. The quantitative estimate of drug-likeness (QED) is 0.685. The highest BCUT2D eigenvalue weighted by Crippen LogP contribution is 2.29.